The summed E-state index contributed by atoms with van der Waals surface area (Å²) in [6.45, 7) is 1.87. The number of amides is 1. The minimum atomic E-state index is -4.52. The van der Waals surface area contributed by atoms with Gasteiger partial charge in [0.25, 0.3) is 5.91 Å². The average molecular weight is 471 g/mol. The first-order chi connectivity index (χ1) is 12.2. The van der Waals surface area contributed by atoms with Crippen molar-refractivity contribution in [3.63, 3.8) is 0 Å². The summed E-state index contributed by atoms with van der Waals surface area (Å²) in [6.07, 6.45) is -3.29. The number of nitrogens with one attached hydrogen (secondary N) is 2. The van der Waals surface area contributed by atoms with E-state index < -0.39 is 17.6 Å². The number of carbonyl (C=O) groups excluding carboxylic acids is 1. The van der Waals surface area contributed by atoms with Crippen molar-refractivity contribution in [2.45, 2.75) is 13.1 Å². The Labute approximate surface area is 161 Å². The van der Waals surface area contributed by atoms with Gasteiger partial charge >= 0.3 is 6.18 Å². The number of anilines is 2. The van der Waals surface area contributed by atoms with Crippen LogP contribution >= 0.6 is 22.6 Å². The fraction of sp³-hybridized carbons (Fsp3) is 0.111. The molecule has 2 aromatic carbocycles. The van der Waals surface area contributed by atoms with E-state index >= 15 is 0 Å². The molecule has 0 aromatic heterocycles. The Morgan fingerprint density at radius 3 is 2.58 bits per heavy atom. The summed E-state index contributed by atoms with van der Waals surface area (Å²) in [5.74, 6) is -0.803. The van der Waals surface area contributed by atoms with Crippen molar-refractivity contribution < 1.29 is 18.0 Å². The molecule has 0 spiro atoms. The molecule has 0 unspecified atom stereocenters. The fourth-order valence-corrected chi connectivity index (χ4v) is 2.71. The number of nitriles is 1. The lowest BCUT2D eigenvalue weighted by atomic mass is 10.2. The summed E-state index contributed by atoms with van der Waals surface area (Å²) in [5.41, 5.74) is 0.441. The van der Waals surface area contributed by atoms with E-state index in [1.807, 2.05) is 19.1 Å². The molecule has 0 heterocycles. The number of nitrogens with zero attached hydrogens (tertiary/aromatic N) is 1. The van der Waals surface area contributed by atoms with Gasteiger partial charge < -0.3 is 10.6 Å². The van der Waals surface area contributed by atoms with E-state index in [2.05, 4.69) is 33.2 Å². The van der Waals surface area contributed by atoms with Gasteiger partial charge in [-0.05, 0) is 71.5 Å². The fourth-order valence-electron chi connectivity index (χ4n) is 2.06. The number of alkyl halides is 3. The number of benzene rings is 2. The molecule has 0 bridgehead atoms. The molecule has 0 aliphatic heterocycles. The Balaban J connectivity index is 2.15. The van der Waals surface area contributed by atoms with Crippen LogP contribution in [0.15, 0.2) is 54.2 Å². The largest absolute Gasteiger partial charge is 0.416 e. The van der Waals surface area contributed by atoms with Gasteiger partial charge in [0.15, 0.2) is 0 Å². The first-order valence-corrected chi connectivity index (χ1v) is 8.40. The number of rotatable bonds is 4. The van der Waals surface area contributed by atoms with Crippen LogP contribution < -0.4 is 10.6 Å². The molecule has 2 aromatic rings. The van der Waals surface area contributed by atoms with E-state index in [1.165, 1.54) is 18.3 Å². The lowest BCUT2D eigenvalue weighted by Crippen LogP contribution is -2.15. The maximum Gasteiger partial charge on any atom is 0.416 e. The van der Waals surface area contributed by atoms with E-state index in [0.717, 1.165) is 21.3 Å². The van der Waals surface area contributed by atoms with Crippen LogP contribution in [0.5, 0.6) is 0 Å². The normalized spacial score (nSPS) is 11.6. The number of hydrogen-bond acceptors (Lipinski definition) is 3. The van der Waals surface area contributed by atoms with E-state index in [-0.39, 0.29) is 11.3 Å². The van der Waals surface area contributed by atoms with Gasteiger partial charge in [0.2, 0.25) is 0 Å². The van der Waals surface area contributed by atoms with Gasteiger partial charge in [0.05, 0.1) is 5.56 Å². The third-order valence-corrected chi connectivity index (χ3v) is 4.04. The smallest absolute Gasteiger partial charge is 0.360 e. The number of halogens is 4. The van der Waals surface area contributed by atoms with Crippen LogP contribution in [-0.4, -0.2) is 5.91 Å². The van der Waals surface area contributed by atoms with E-state index in [9.17, 15) is 18.0 Å². The Hall–Kier alpha value is -2.54. The standard InChI is InChI=1S/C18H13F3IN3O/c1-11-7-14(22)5-6-16(11)24-10-12(9-23)17(26)25-15-4-2-3-13(8-15)18(19,20)21/h2-8,10,24H,1H3,(H,25,26)/b12-10-. The lowest BCUT2D eigenvalue weighted by molar-refractivity contribution is -0.137. The first kappa shape index (κ1) is 19.8. The molecular weight excluding hydrogens is 458 g/mol. The summed E-state index contributed by atoms with van der Waals surface area (Å²) in [7, 11) is 0. The highest BCUT2D eigenvalue weighted by Crippen LogP contribution is 2.30. The molecule has 0 fully saturated rings. The van der Waals surface area contributed by atoms with Crippen molar-refractivity contribution in [3.05, 3.63) is 68.9 Å². The van der Waals surface area contributed by atoms with Crippen molar-refractivity contribution in [2.24, 2.45) is 0 Å². The number of aryl methyl sites for hydroxylation is 1. The summed E-state index contributed by atoms with van der Waals surface area (Å²) < 4.78 is 39.2. The van der Waals surface area contributed by atoms with Gasteiger partial charge in [-0.25, -0.2) is 0 Å². The Morgan fingerprint density at radius 2 is 1.96 bits per heavy atom. The van der Waals surface area contributed by atoms with Crippen molar-refractivity contribution >= 4 is 39.9 Å². The maximum atomic E-state index is 12.7. The van der Waals surface area contributed by atoms with Crippen LogP contribution in [0, 0.1) is 21.8 Å². The van der Waals surface area contributed by atoms with E-state index in [1.54, 1.807) is 12.1 Å². The molecule has 134 valence electrons. The molecule has 0 saturated carbocycles. The molecular formula is C18H13F3IN3O. The molecule has 0 radical (unpaired) electrons. The van der Waals surface area contributed by atoms with Gasteiger partial charge in [-0.2, -0.15) is 18.4 Å². The molecule has 0 aliphatic rings. The molecule has 26 heavy (non-hydrogen) atoms. The molecule has 2 N–H and O–H groups in total. The zero-order chi connectivity index (χ0) is 19.3. The molecule has 1 amide bonds. The highest BCUT2D eigenvalue weighted by atomic mass is 127. The van der Waals surface area contributed by atoms with E-state index in [0.29, 0.717) is 5.69 Å². The lowest BCUT2D eigenvalue weighted by Gasteiger charge is -2.10. The van der Waals surface area contributed by atoms with Gasteiger partial charge in [0.1, 0.15) is 11.6 Å². The SMILES string of the molecule is Cc1cc(I)ccc1N/C=C(/C#N)C(=O)Nc1cccc(C(F)(F)F)c1. The summed E-state index contributed by atoms with van der Waals surface area (Å²) >= 11 is 2.16. The second-order valence-electron chi connectivity index (χ2n) is 5.31. The van der Waals surface area contributed by atoms with Crippen LogP contribution in [0.1, 0.15) is 11.1 Å². The van der Waals surface area contributed by atoms with Gasteiger partial charge in [0, 0.05) is 21.1 Å². The molecule has 8 heteroatoms. The van der Waals surface area contributed by atoms with Gasteiger partial charge in [-0.15, -0.1) is 0 Å². The monoisotopic (exact) mass is 471 g/mol. The third-order valence-electron chi connectivity index (χ3n) is 3.37. The van der Waals surface area contributed by atoms with Crippen LogP contribution in [0.3, 0.4) is 0 Å². The average Bonchev–Trinajstić information content (AvgIpc) is 2.56. The van der Waals surface area contributed by atoms with Crippen molar-refractivity contribution in [1.29, 1.82) is 5.26 Å². The minimum Gasteiger partial charge on any atom is -0.360 e. The van der Waals surface area contributed by atoms with Crippen LogP contribution in [0.25, 0.3) is 0 Å². The maximum absolute atomic E-state index is 12.7. The van der Waals surface area contributed by atoms with Crippen LogP contribution in [-0.2, 0) is 11.0 Å². The third kappa shape index (κ3) is 5.23. The number of hydrogen-bond donors (Lipinski definition) is 2. The zero-order valence-corrected chi connectivity index (χ0v) is 15.6. The minimum absolute atomic E-state index is 0.0450. The van der Waals surface area contributed by atoms with Gasteiger partial charge in [-0.1, -0.05) is 6.07 Å². The number of carbonyl (C=O) groups is 1. The van der Waals surface area contributed by atoms with Crippen molar-refractivity contribution in [3.8, 4) is 6.07 Å². The van der Waals surface area contributed by atoms with E-state index in [4.69, 9.17) is 5.26 Å². The molecule has 2 rings (SSSR count). The summed E-state index contributed by atoms with van der Waals surface area (Å²) in [5, 5.41) is 14.3. The molecule has 0 atom stereocenters. The molecule has 0 saturated heterocycles. The summed E-state index contributed by atoms with van der Waals surface area (Å²) in [6, 6.07) is 11.5. The zero-order valence-electron chi connectivity index (χ0n) is 13.5. The second-order valence-corrected chi connectivity index (χ2v) is 6.55. The quantitative estimate of drug-likeness (QED) is 0.372. The second kappa shape index (κ2) is 8.23. The summed E-state index contributed by atoms with van der Waals surface area (Å²) in [4.78, 5) is 12.1. The highest BCUT2D eigenvalue weighted by Gasteiger charge is 2.30. The molecule has 0 aliphatic carbocycles. The topological polar surface area (TPSA) is 64.9 Å². The van der Waals surface area contributed by atoms with Crippen LogP contribution in [0.2, 0.25) is 0 Å². The first-order valence-electron chi connectivity index (χ1n) is 7.32. The van der Waals surface area contributed by atoms with Gasteiger partial charge in [-0.3, -0.25) is 4.79 Å². The predicted molar refractivity (Wildman–Crippen MR) is 101 cm³/mol. The molecule has 4 nitrogen and oxygen atoms in total. The highest BCUT2D eigenvalue weighted by molar-refractivity contribution is 14.1. The Morgan fingerprint density at radius 1 is 1.23 bits per heavy atom. The van der Waals surface area contributed by atoms with Crippen molar-refractivity contribution in [2.75, 3.05) is 10.6 Å². The predicted octanol–water partition coefficient (Wildman–Crippen LogP) is 5.08. The van der Waals surface area contributed by atoms with Crippen molar-refractivity contribution in [1.82, 2.24) is 0 Å². The Kier molecular flexibility index (Phi) is 6.26. The Bertz CT molecular complexity index is 901. The van der Waals surface area contributed by atoms with Crippen LogP contribution in [0.4, 0.5) is 24.5 Å².